The smallest absolute Gasteiger partial charge is 0.331 e. The molecule has 0 saturated heterocycles. The van der Waals surface area contributed by atoms with Crippen LogP contribution >= 0.6 is 0 Å². The molecule has 166 valence electrons. The molecule has 0 atom stereocenters. The minimum absolute atomic E-state index is 0.179. The molecule has 6 heteroatoms. The van der Waals surface area contributed by atoms with Crippen molar-refractivity contribution in [3.8, 4) is 0 Å². The molecule has 2 aromatic carbocycles. The highest BCUT2D eigenvalue weighted by molar-refractivity contribution is 5.76. The van der Waals surface area contributed by atoms with Gasteiger partial charge in [-0.2, -0.15) is 0 Å². The van der Waals surface area contributed by atoms with E-state index in [1.54, 1.807) is 0 Å². The largest absolute Gasteiger partial charge is 0.334 e. The van der Waals surface area contributed by atoms with Crippen molar-refractivity contribution in [3.63, 3.8) is 0 Å². The van der Waals surface area contributed by atoms with Crippen molar-refractivity contribution in [2.45, 2.75) is 58.3 Å². The van der Waals surface area contributed by atoms with E-state index in [9.17, 15) is 14.4 Å². The highest BCUT2D eigenvalue weighted by Crippen LogP contribution is 2.29. The number of nitrogens with zero attached hydrogens (tertiary/aromatic N) is 3. The highest BCUT2D eigenvalue weighted by atomic mass is 16.2. The fraction of sp³-hybridized carbons (Fsp3) is 0.346. The molecule has 0 spiro atoms. The number of benzene rings is 2. The first kappa shape index (κ1) is 21.8. The van der Waals surface area contributed by atoms with Crippen molar-refractivity contribution in [2.75, 3.05) is 0 Å². The van der Waals surface area contributed by atoms with Crippen LogP contribution in [0.1, 0.15) is 49.3 Å². The second-order valence-corrected chi connectivity index (χ2v) is 8.79. The molecule has 0 N–H and O–H groups in total. The van der Waals surface area contributed by atoms with Gasteiger partial charge in [-0.1, -0.05) is 68.4 Å². The Morgan fingerprint density at radius 2 is 1.66 bits per heavy atom. The maximum Gasteiger partial charge on any atom is 0.331 e. The molecule has 1 aliphatic carbocycles. The number of hydrogen-bond donors (Lipinski definition) is 0. The molecule has 1 amide bonds. The van der Waals surface area contributed by atoms with Gasteiger partial charge in [0.25, 0.3) is 5.56 Å². The summed E-state index contributed by atoms with van der Waals surface area (Å²) in [5.74, 6) is 0.255. The number of amides is 1. The topological polar surface area (TPSA) is 64.3 Å². The maximum absolute atomic E-state index is 13.2. The summed E-state index contributed by atoms with van der Waals surface area (Å²) in [6.07, 6.45) is 3.41. The van der Waals surface area contributed by atoms with E-state index in [0.29, 0.717) is 19.0 Å². The van der Waals surface area contributed by atoms with Crippen molar-refractivity contribution >= 4 is 5.91 Å². The van der Waals surface area contributed by atoms with Crippen LogP contribution in [-0.4, -0.2) is 26.0 Å². The quantitative estimate of drug-likeness (QED) is 0.549. The molecule has 0 aliphatic heterocycles. The summed E-state index contributed by atoms with van der Waals surface area (Å²) in [5, 5.41) is 0. The van der Waals surface area contributed by atoms with Crippen molar-refractivity contribution in [3.05, 3.63) is 104 Å². The molecule has 3 aromatic rings. The van der Waals surface area contributed by atoms with Gasteiger partial charge in [-0.15, -0.1) is 0 Å². The van der Waals surface area contributed by atoms with Crippen molar-refractivity contribution in [1.82, 2.24) is 14.0 Å². The molecular weight excluding hydrogens is 402 g/mol. The third kappa shape index (κ3) is 5.07. The Labute approximate surface area is 187 Å². The lowest BCUT2D eigenvalue weighted by molar-refractivity contribution is -0.133. The van der Waals surface area contributed by atoms with E-state index in [2.05, 4.69) is 38.1 Å². The van der Waals surface area contributed by atoms with Gasteiger partial charge in [0.1, 0.15) is 6.54 Å². The lowest BCUT2D eigenvalue weighted by Crippen LogP contribution is -2.44. The minimum atomic E-state index is -0.466. The van der Waals surface area contributed by atoms with Crippen molar-refractivity contribution in [1.29, 1.82) is 0 Å². The van der Waals surface area contributed by atoms with Gasteiger partial charge in [0.2, 0.25) is 5.91 Å². The Morgan fingerprint density at radius 1 is 0.969 bits per heavy atom. The Morgan fingerprint density at radius 3 is 2.28 bits per heavy atom. The first-order valence-corrected chi connectivity index (χ1v) is 11.1. The van der Waals surface area contributed by atoms with Crippen molar-refractivity contribution in [2.24, 2.45) is 0 Å². The van der Waals surface area contributed by atoms with Crippen LogP contribution in [0.3, 0.4) is 0 Å². The van der Waals surface area contributed by atoms with Crippen LogP contribution in [-0.2, 0) is 24.4 Å². The standard InChI is InChI=1S/C26H29N3O3/c1-19(2)22-10-8-21(9-11-22)17-28(23-12-13-23)25(31)18-29-24(30)14-15-27(26(29)32)16-20-6-4-3-5-7-20/h3-11,14-15,19,23H,12-13,16-18H2,1-2H3. The van der Waals surface area contributed by atoms with E-state index in [-0.39, 0.29) is 18.5 Å². The summed E-state index contributed by atoms with van der Waals surface area (Å²) in [4.78, 5) is 40.4. The van der Waals surface area contributed by atoms with Crippen molar-refractivity contribution < 1.29 is 4.79 Å². The Hall–Kier alpha value is -3.41. The van der Waals surface area contributed by atoms with Gasteiger partial charge in [-0.3, -0.25) is 18.7 Å². The third-order valence-electron chi connectivity index (χ3n) is 5.94. The van der Waals surface area contributed by atoms with Crippen LogP contribution in [0.2, 0.25) is 0 Å². The van der Waals surface area contributed by atoms with Crippen LogP contribution in [0, 0.1) is 0 Å². The molecule has 1 fully saturated rings. The van der Waals surface area contributed by atoms with E-state index in [1.807, 2.05) is 35.2 Å². The predicted octanol–water partition coefficient (Wildman–Crippen LogP) is 3.37. The average Bonchev–Trinajstić information content (AvgIpc) is 3.63. The van der Waals surface area contributed by atoms with Crippen LogP contribution in [0.4, 0.5) is 0 Å². The maximum atomic E-state index is 13.2. The molecule has 32 heavy (non-hydrogen) atoms. The number of aromatic nitrogens is 2. The zero-order valence-corrected chi connectivity index (χ0v) is 18.6. The van der Waals surface area contributed by atoms with Crippen LogP contribution in [0.5, 0.6) is 0 Å². The fourth-order valence-corrected chi connectivity index (χ4v) is 3.84. The summed E-state index contributed by atoms with van der Waals surface area (Å²) >= 11 is 0. The Balaban J connectivity index is 1.53. The van der Waals surface area contributed by atoms with E-state index >= 15 is 0 Å². The van der Waals surface area contributed by atoms with Gasteiger partial charge in [-0.05, 0) is 35.4 Å². The minimum Gasteiger partial charge on any atom is -0.334 e. The van der Waals surface area contributed by atoms with E-state index in [4.69, 9.17) is 0 Å². The fourth-order valence-electron chi connectivity index (χ4n) is 3.84. The molecule has 1 heterocycles. The molecule has 1 aromatic heterocycles. The summed E-state index contributed by atoms with van der Waals surface area (Å²) in [6.45, 7) is 4.90. The van der Waals surface area contributed by atoms with Crippen LogP contribution < -0.4 is 11.2 Å². The molecular formula is C26H29N3O3. The zero-order chi connectivity index (χ0) is 22.7. The summed E-state index contributed by atoms with van der Waals surface area (Å²) in [5.41, 5.74) is 2.34. The lowest BCUT2D eigenvalue weighted by atomic mass is 10.0. The third-order valence-corrected chi connectivity index (χ3v) is 5.94. The van der Waals surface area contributed by atoms with E-state index in [0.717, 1.165) is 28.5 Å². The van der Waals surface area contributed by atoms with E-state index in [1.165, 1.54) is 22.4 Å². The highest BCUT2D eigenvalue weighted by Gasteiger charge is 2.33. The van der Waals surface area contributed by atoms with Gasteiger partial charge in [0.15, 0.2) is 0 Å². The van der Waals surface area contributed by atoms with Gasteiger partial charge in [0.05, 0.1) is 6.54 Å². The number of carbonyl (C=O) groups is 1. The molecule has 6 nitrogen and oxygen atoms in total. The normalized spacial score (nSPS) is 13.3. The zero-order valence-electron chi connectivity index (χ0n) is 18.6. The van der Waals surface area contributed by atoms with Gasteiger partial charge >= 0.3 is 5.69 Å². The Kier molecular flexibility index (Phi) is 6.40. The SMILES string of the molecule is CC(C)c1ccc(CN(C(=O)Cn2c(=O)ccn(Cc3ccccc3)c2=O)C2CC2)cc1. The summed E-state index contributed by atoms with van der Waals surface area (Å²) < 4.78 is 2.51. The molecule has 0 radical (unpaired) electrons. The van der Waals surface area contributed by atoms with Gasteiger partial charge in [-0.25, -0.2) is 4.79 Å². The second-order valence-electron chi connectivity index (χ2n) is 8.79. The first-order chi connectivity index (χ1) is 15.4. The molecule has 0 bridgehead atoms. The van der Waals surface area contributed by atoms with Gasteiger partial charge < -0.3 is 4.90 Å². The second kappa shape index (κ2) is 9.39. The van der Waals surface area contributed by atoms with Crippen LogP contribution in [0.25, 0.3) is 0 Å². The average molecular weight is 432 g/mol. The number of carbonyl (C=O) groups excluding carboxylic acids is 1. The van der Waals surface area contributed by atoms with E-state index < -0.39 is 11.2 Å². The van der Waals surface area contributed by atoms with Crippen LogP contribution in [0.15, 0.2) is 76.4 Å². The first-order valence-electron chi connectivity index (χ1n) is 11.1. The monoisotopic (exact) mass is 431 g/mol. The Bertz CT molecular complexity index is 1190. The lowest BCUT2D eigenvalue weighted by Gasteiger charge is -2.23. The molecule has 0 unspecified atom stereocenters. The molecule has 1 saturated carbocycles. The number of hydrogen-bond acceptors (Lipinski definition) is 3. The molecule has 4 rings (SSSR count). The summed E-state index contributed by atoms with van der Waals surface area (Å²) in [6, 6.07) is 19.4. The molecule has 1 aliphatic rings. The summed E-state index contributed by atoms with van der Waals surface area (Å²) in [7, 11) is 0. The van der Waals surface area contributed by atoms with Gasteiger partial charge in [0, 0.05) is 24.8 Å². The number of rotatable bonds is 8. The predicted molar refractivity (Wildman–Crippen MR) is 125 cm³/mol.